The van der Waals surface area contributed by atoms with Crippen molar-refractivity contribution >= 4 is 24.0 Å². The van der Waals surface area contributed by atoms with Crippen LogP contribution in [-0.4, -0.2) is 15.8 Å². The third-order valence-corrected chi connectivity index (χ3v) is 2.85. The third-order valence-electron chi connectivity index (χ3n) is 1.72. The topological polar surface area (TPSA) is 20.7 Å². The van der Waals surface area contributed by atoms with Crippen molar-refractivity contribution in [2.45, 2.75) is 25.4 Å². The van der Waals surface area contributed by atoms with Crippen LogP contribution in [0.1, 0.15) is 12.6 Å². The fourth-order valence-electron chi connectivity index (χ4n) is 1.11. The minimum Gasteiger partial charge on any atom is -0.326 e. The van der Waals surface area contributed by atoms with Crippen LogP contribution in [0.15, 0.2) is 5.03 Å². The first-order chi connectivity index (χ1) is 5.20. The highest BCUT2D eigenvalue weighted by atomic mass is 32.2. The van der Waals surface area contributed by atoms with Crippen molar-refractivity contribution in [1.29, 1.82) is 0 Å². The molecule has 2 nitrogen and oxygen atoms in total. The predicted molar refractivity (Wildman–Crippen MR) is 51.8 cm³/mol. The normalized spacial score (nSPS) is 10.5. The maximum absolute atomic E-state index is 5.12. The standard InChI is InChI=1S/C7H12N2S2/c1-4-9-5(2)6(11-3)8-7(9)10/h4H2,1-3H3,(H,8,10). The Kier molecular flexibility index (Phi) is 2.78. The van der Waals surface area contributed by atoms with Crippen molar-refractivity contribution in [3.63, 3.8) is 0 Å². The highest BCUT2D eigenvalue weighted by Gasteiger charge is 2.03. The van der Waals surface area contributed by atoms with E-state index in [0.29, 0.717) is 0 Å². The quantitative estimate of drug-likeness (QED) is 0.569. The van der Waals surface area contributed by atoms with Gasteiger partial charge in [0.25, 0.3) is 0 Å². The fraction of sp³-hybridized carbons (Fsp3) is 0.571. The summed E-state index contributed by atoms with van der Waals surface area (Å²) in [5.74, 6) is 0. The molecule has 0 bridgehead atoms. The average Bonchev–Trinajstić information content (AvgIpc) is 2.26. The molecule has 0 radical (unpaired) electrons. The van der Waals surface area contributed by atoms with Gasteiger partial charge in [-0.15, -0.1) is 11.8 Å². The fourth-order valence-corrected chi connectivity index (χ4v) is 2.15. The lowest BCUT2D eigenvalue weighted by Gasteiger charge is -1.99. The van der Waals surface area contributed by atoms with Gasteiger partial charge in [-0.05, 0) is 32.3 Å². The van der Waals surface area contributed by atoms with Gasteiger partial charge in [-0.25, -0.2) is 0 Å². The van der Waals surface area contributed by atoms with Crippen LogP contribution in [0.2, 0.25) is 0 Å². The molecule has 62 valence electrons. The molecule has 1 rings (SSSR count). The van der Waals surface area contributed by atoms with Crippen LogP contribution in [0.5, 0.6) is 0 Å². The van der Waals surface area contributed by atoms with E-state index in [1.54, 1.807) is 11.8 Å². The Labute approximate surface area is 76.0 Å². The largest absolute Gasteiger partial charge is 0.326 e. The van der Waals surface area contributed by atoms with E-state index in [0.717, 1.165) is 11.3 Å². The van der Waals surface area contributed by atoms with Gasteiger partial charge in [0.15, 0.2) is 4.77 Å². The van der Waals surface area contributed by atoms with Gasteiger partial charge in [0.05, 0.1) is 5.03 Å². The van der Waals surface area contributed by atoms with Crippen molar-refractivity contribution in [2.75, 3.05) is 6.26 Å². The zero-order valence-electron chi connectivity index (χ0n) is 6.97. The molecule has 1 heterocycles. The molecule has 0 saturated carbocycles. The maximum atomic E-state index is 5.12. The van der Waals surface area contributed by atoms with E-state index in [9.17, 15) is 0 Å². The van der Waals surface area contributed by atoms with Crippen LogP contribution in [0.4, 0.5) is 0 Å². The summed E-state index contributed by atoms with van der Waals surface area (Å²) in [6.45, 7) is 5.13. The zero-order chi connectivity index (χ0) is 8.43. The van der Waals surface area contributed by atoms with E-state index >= 15 is 0 Å². The van der Waals surface area contributed by atoms with E-state index in [1.807, 2.05) is 6.26 Å². The molecule has 11 heavy (non-hydrogen) atoms. The van der Waals surface area contributed by atoms with E-state index in [2.05, 4.69) is 23.4 Å². The molecule has 1 aromatic rings. The lowest BCUT2D eigenvalue weighted by atomic mass is 10.5. The number of hydrogen-bond acceptors (Lipinski definition) is 2. The molecular weight excluding hydrogens is 176 g/mol. The molecule has 0 amide bonds. The molecular formula is C7H12N2S2. The minimum absolute atomic E-state index is 0.828. The van der Waals surface area contributed by atoms with E-state index < -0.39 is 0 Å². The first-order valence-electron chi connectivity index (χ1n) is 3.54. The maximum Gasteiger partial charge on any atom is 0.178 e. The van der Waals surface area contributed by atoms with Crippen molar-refractivity contribution < 1.29 is 0 Å². The Hall–Kier alpha value is -0.220. The molecule has 0 saturated heterocycles. The molecule has 0 spiro atoms. The second-order valence-electron chi connectivity index (χ2n) is 2.29. The second kappa shape index (κ2) is 3.45. The number of thioether (sulfide) groups is 1. The van der Waals surface area contributed by atoms with Gasteiger partial charge >= 0.3 is 0 Å². The summed E-state index contributed by atoms with van der Waals surface area (Å²) >= 11 is 6.82. The van der Waals surface area contributed by atoms with E-state index in [4.69, 9.17) is 12.2 Å². The summed E-state index contributed by atoms with van der Waals surface area (Å²) in [4.78, 5) is 3.15. The Morgan fingerprint density at radius 1 is 1.64 bits per heavy atom. The monoisotopic (exact) mass is 188 g/mol. The second-order valence-corrected chi connectivity index (χ2v) is 3.50. The van der Waals surface area contributed by atoms with Crippen LogP contribution in [0.25, 0.3) is 0 Å². The molecule has 0 fully saturated rings. The number of H-pyrrole nitrogens is 1. The molecule has 0 aliphatic rings. The summed E-state index contributed by atoms with van der Waals surface area (Å²) in [5.41, 5.74) is 1.24. The molecule has 0 aliphatic heterocycles. The van der Waals surface area contributed by atoms with Gasteiger partial charge in [0.1, 0.15) is 0 Å². The van der Waals surface area contributed by atoms with Crippen LogP contribution < -0.4 is 0 Å². The van der Waals surface area contributed by atoms with Crippen LogP contribution in [-0.2, 0) is 6.54 Å². The average molecular weight is 188 g/mol. The van der Waals surface area contributed by atoms with Crippen molar-refractivity contribution in [2.24, 2.45) is 0 Å². The predicted octanol–water partition coefficient (Wildman–Crippen LogP) is 2.60. The highest BCUT2D eigenvalue weighted by Crippen LogP contribution is 2.17. The number of rotatable bonds is 2. The summed E-state index contributed by atoms with van der Waals surface area (Å²) < 4.78 is 2.93. The summed E-state index contributed by atoms with van der Waals surface area (Å²) in [6.07, 6.45) is 2.05. The van der Waals surface area contributed by atoms with Crippen molar-refractivity contribution in [1.82, 2.24) is 9.55 Å². The molecule has 1 aromatic heterocycles. The van der Waals surface area contributed by atoms with Crippen LogP contribution in [0.3, 0.4) is 0 Å². The highest BCUT2D eigenvalue weighted by molar-refractivity contribution is 7.98. The molecule has 0 aliphatic carbocycles. The third kappa shape index (κ3) is 1.51. The molecule has 0 aromatic carbocycles. The zero-order valence-corrected chi connectivity index (χ0v) is 8.60. The summed E-state index contributed by atoms with van der Waals surface area (Å²) in [5, 5.41) is 1.18. The minimum atomic E-state index is 0.828. The molecule has 1 N–H and O–H groups in total. The first kappa shape index (κ1) is 8.87. The van der Waals surface area contributed by atoms with Crippen LogP contribution in [0, 0.1) is 11.7 Å². The lowest BCUT2D eigenvalue weighted by molar-refractivity contribution is 0.723. The van der Waals surface area contributed by atoms with Gasteiger partial charge in [-0.1, -0.05) is 0 Å². The Bertz CT molecular complexity index is 298. The SMILES string of the molecule is CCn1c(C)c(SC)[nH]c1=S. The number of imidazole rings is 1. The van der Waals surface area contributed by atoms with Gasteiger partial charge in [-0.2, -0.15) is 0 Å². The smallest absolute Gasteiger partial charge is 0.178 e. The number of nitrogens with one attached hydrogen (secondary N) is 1. The summed E-state index contributed by atoms with van der Waals surface area (Å²) in [7, 11) is 0. The number of hydrogen-bond donors (Lipinski definition) is 1. The number of nitrogens with zero attached hydrogens (tertiary/aromatic N) is 1. The van der Waals surface area contributed by atoms with Gasteiger partial charge in [-0.3, -0.25) is 0 Å². The Morgan fingerprint density at radius 3 is 2.55 bits per heavy atom. The molecule has 0 unspecified atom stereocenters. The molecule has 0 atom stereocenters. The van der Waals surface area contributed by atoms with Crippen LogP contribution >= 0.6 is 24.0 Å². The Morgan fingerprint density at radius 2 is 2.27 bits per heavy atom. The lowest BCUT2D eigenvalue weighted by Crippen LogP contribution is -1.95. The van der Waals surface area contributed by atoms with E-state index in [1.165, 1.54) is 10.7 Å². The summed E-state index contributed by atoms with van der Waals surface area (Å²) in [6, 6.07) is 0. The van der Waals surface area contributed by atoms with Gasteiger partial charge in [0.2, 0.25) is 0 Å². The number of aromatic nitrogens is 2. The van der Waals surface area contributed by atoms with Crippen molar-refractivity contribution in [3.05, 3.63) is 10.5 Å². The molecule has 4 heteroatoms. The number of aromatic amines is 1. The first-order valence-corrected chi connectivity index (χ1v) is 5.17. The van der Waals surface area contributed by atoms with Gasteiger partial charge in [0, 0.05) is 12.2 Å². The van der Waals surface area contributed by atoms with Gasteiger partial charge < -0.3 is 9.55 Å². The van der Waals surface area contributed by atoms with E-state index in [-0.39, 0.29) is 0 Å². The van der Waals surface area contributed by atoms with Crippen molar-refractivity contribution in [3.8, 4) is 0 Å². The Balaban J connectivity index is 3.25.